The van der Waals surface area contributed by atoms with Gasteiger partial charge in [0.25, 0.3) is 0 Å². The van der Waals surface area contributed by atoms with Gasteiger partial charge in [0.1, 0.15) is 0 Å². The molecule has 1 radical (unpaired) electrons. The predicted molar refractivity (Wildman–Crippen MR) is 53.6 cm³/mol. The van der Waals surface area contributed by atoms with Gasteiger partial charge in [0.2, 0.25) is 0 Å². The summed E-state index contributed by atoms with van der Waals surface area (Å²) in [5, 5.41) is 1.48. The largest absolute Gasteiger partial charge is 0.0985 e. The second-order valence-electron chi connectivity index (χ2n) is 2.79. The van der Waals surface area contributed by atoms with Crippen LogP contribution in [-0.2, 0) is 0 Å². The Morgan fingerprint density at radius 1 is 1.27 bits per heavy atom. The summed E-state index contributed by atoms with van der Waals surface area (Å²) in [6.07, 6.45) is 1.94. The van der Waals surface area contributed by atoms with Crippen molar-refractivity contribution in [2.75, 3.05) is 0 Å². The molecule has 0 saturated heterocycles. The molecule has 0 aliphatic heterocycles. The molecule has 0 heterocycles. The summed E-state index contributed by atoms with van der Waals surface area (Å²) in [4.78, 5) is 0. The van der Waals surface area contributed by atoms with Crippen molar-refractivity contribution in [3.63, 3.8) is 0 Å². The summed E-state index contributed by atoms with van der Waals surface area (Å²) < 4.78 is 0. The Kier molecular flexibility index (Phi) is 2.66. The Morgan fingerprint density at radius 3 is 2.36 bits per heavy atom. The van der Waals surface area contributed by atoms with Gasteiger partial charge < -0.3 is 0 Å². The SMILES string of the molecule is C=Cc1ccccc1[Si](C)C. The number of hydrogen-bond donors (Lipinski definition) is 0. The van der Waals surface area contributed by atoms with E-state index < -0.39 is 0 Å². The van der Waals surface area contributed by atoms with Crippen LogP contribution in [0.15, 0.2) is 30.8 Å². The van der Waals surface area contributed by atoms with Crippen molar-refractivity contribution >= 4 is 20.1 Å². The van der Waals surface area contributed by atoms with Gasteiger partial charge in [-0.05, 0) is 5.56 Å². The molecule has 0 amide bonds. The van der Waals surface area contributed by atoms with Crippen LogP contribution in [0, 0.1) is 0 Å². The van der Waals surface area contributed by atoms with E-state index in [-0.39, 0.29) is 8.80 Å². The molecule has 0 spiro atoms. The van der Waals surface area contributed by atoms with Crippen molar-refractivity contribution in [1.29, 1.82) is 0 Å². The van der Waals surface area contributed by atoms with E-state index in [9.17, 15) is 0 Å². The van der Waals surface area contributed by atoms with E-state index in [1.54, 1.807) is 0 Å². The maximum absolute atomic E-state index is 3.79. The summed E-state index contributed by atoms with van der Waals surface area (Å²) >= 11 is 0. The Morgan fingerprint density at radius 2 is 1.91 bits per heavy atom. The second-order valence-corrected chi connectivity index (χ2v) is 5.33. The Labute approximate surface area is 70.2 Å². The zero-order valence-electron chi connectivity index (χ0n) is 7.09. The highest BCUT2D eigenvalue weighted by Gasteiger charge is 2.02. The lowest BCUT2D eigenvalue weighted by molar-refractivity contribution is 1.70. The minimum absolute atomic E-state index is 0.325. The molecule has 0 aliphatic carbocycles. The zero-order chi connectivity index (χ0) is 8.27. The first-order valence-corrected chi connectivity index (χ1v) is 6.27. The average molecular weight is 161 g/mol. The lowest BCUT2D eigenvalue weighted by atomic mass is 10.2. The number of rotatable bonds is 2. The highest BCUT2D eigenvalue weighted by Crippen LogP contribution is 1.99. The molecule has 11 heavy (non-hydrogen) atoms. The van der Waals surface area contributed by atoms with Gasteiger partial charge in [-0.25, -0.2) is 0 Å². The topological polar surface area (TPSA) is 0 Å². The minimum atomic E-state index is -0.325. The van der Waals surface area contributed by atoms with Crippen LogP contribution in [0.25, 0.3) is 6.08 Å². The average Bonchev–Trinajstić information content (AvgIpc) is 2.04. The molecule has 1 aromatic carbocycles. The van der Waals surface area contributed by atoms with Gasteiger partial charge in [0.05, 0.1) is 8.80 Å². The van der Waals surface area contributed by atoms with E-state index >= 15 is 0 Å². The number of benzene rings is 1. The van der Waals surface area contributed by atoms with Crippen LogP contribution in [0.3, 0.4) is 0 Å². The van der Waals surface area contributed by atoms with E-state index in [0.717, 1.165) is 0 Å². The molecule has 0 N–H and O–H groups in total. The summed E-state index contributed by atoms with van der Waals surface area (Å²) in [6.45, 7) is 8.39. The van der Waals surface area contributed by atoms with Crippen LogP contribution >= 0.6 is 0 Å². The van der Waals surface area contributed by atoms with E-state index in [1.165, 1.54) is 10.8 Å². The summed E-state index contributed by atoms with van der Waals surface area (Å²) in [6, 6.07) is 8.48. The molecule has 1 aromatic rings. The molecule has 0 aliphatic rings. The van der Waals surface area contributed by atoms with Crippen molar-refractivity contribution in [3.05, 3.63) is 36.4 Å². The molecular formula is C10H13Si. The van der Waals surface area contributed by atoms with E-state index in [0.29, 0.717) is 0 Å². The van der Waals surface area contributed by atoms with E-state index in [4.69, 9.17) is 0 Å². The van der Waals surface area contributed by atoms with Crippen molar-refractivity contribution in [1.82, 2.24) is 0 Å². The first-order valence-electron chi connectivity index (χ1n) is 3.77. The van der Waals surface area contributed by atoms with Crippen molar-refractivity contribution in [3.8, 4) is 0 Å². The fourth-order valence-corrected chi connectivity index (χ4v) is 2.32. The molecule has 0 nitrogen and oxygen atoms in total. The maximum atomic E-state index is 3.79. The fourth-order valence-electron chi connectivity index (χ4n) is 1.13. The third-order valence-corrected chi connectivity index (χ3v) is 3.25. The number of hydrogen-bond acceptors (Lipinski definition) is 0. The van der Waals surface area contributed by atoms with Crippen molar-refractivity contribution < 1.29 is 0 Å². The molecular weight excluding hydrogens is 148 g/mol. The first kappa shape index (κ1) is 8.28. The van der Waals surface area contributed by atoms with Gasteiger partial charge in [-0.15, -0.1) is 0 Å². The van der Waals surface area contributed by atoms with Gasteiger partial charge in [0.15, 0.2) is 0 Å². The lowest BCUT2D eigenvalue weighted by Crippen LogP contribution is -2.24. The smallest absolute Gasteiger partial charge is 0.0799 e. The molecule has 0 fully saturated rings. The van der Waals surface area contributed by atoms with Crippen LogP contribution < -0.4 is 5.19 Å². The highest BCUT2D eigenvalue weighted by molar-refractivity contribution is 6.71. The van der Waals surface area contributed by atoms with Crippen LogP contribution in [0.5, 0.6) is 0 Å². The van der Waals surface area contributed by atoms with Gasteiger partial charge in [-0.3, -0.25) is 0 Å². The van der Waals surface area contributed by atoms with Crippen LogP contribution in [0.4, 0.5) is 0 Å². The van der Waals surface area contributed by atoms with Crippen molar-refractivity contribution in [2.24, 2.45) is 0 Å². The Hall–Kier alpha value is -0.823. The zero-order valence-corrected chi connectivity index (χ0v) is 8.09. The molecule has 0 saturated carbocycles. The summed E-state index contributed by atoms with van der Waals surface area (Å²) in [7, 11) is -0.325. The lowest BCUT2D eigenvalue weighted by Gasteiger charge is -2.06. The molecule has 0 unspecified atom stereocenters. The normalized spacial score (nSPS) is 10.1. The first-order chi connectivity index (χ1) is 5.25. The molecule has 0 aromatic heterocycles. The molecule has 1 heteroatoms. The van der Waals surface area contributed by atoms with Gasteiger partial charge in [0, 0.05) is 0 Å². The third kappa shape index (κ3) is 1.81. The van der Waals surface area contributed by atoms with Crippen LogP contribution in [-0.4, -0.2) is 8.80 Å². The molecule has 57 valence electrons. The predicted octanol–water partition coefficient (Wildman–Crippen LogP) is 2.29. The van der Waals surface area contributed by atoms with Gasteiger partial charge in [-0.1, -0.05) is 55.2 Å². The Bertz CT molecular complexity index is 251. The van der Waals surface area contributed by atoms with Gasteiger partial charge in [-0.2, -0.15) is 0 Å². The molecule has 0 bridgehead atoms. The highest BCUT2D eigenvalue weighted by atomic mass is 28.3. The Balaban J connectivity index is 3.12. The van der Waals surface area contributed by atoms with E-state index in [1.807, 2.05) is 6.08 Å². The van der Waals surface area contributed by atoms with Crippen LogP contribution in [0.1, 0.15) is 5.56 Å². The monoisotopic (exact) mass is 161 g/mol. The van der Waals surface area contributed by atoms with Gasteiger partial charge >= 0.3 is 0 Å². The minimum Gasteiger partial charge on any atom is -0.0985 e. The standard InChI is InChI=1S/C10H13Si/c1-4-9-7-5-6-8-10(9)11(2)3/h4-8H,1H2,2-3H3. The molecule has 0 atom stereocenters. The maximum Gasteiger partial charge on any atom is 0.0799 e. The quantitative estimate of drug-likeness (QED) is 0.584. The fraction of sp³-hybridized carbons (Fsp3) is 0.200. The van der Waals surface area contributed by atoms with E-state index in [2.05, 4.69) is 43.9 Å². The van der Waals surface area contributed by atoms with Crippen molar-refractivity contribution in [2.45, 2.75) is 13.1 Å². The third-order valence-electron chi connectivity index (χ3n) is 1.72. The molecule has 1 rings (SSSR count). The second kappa shape index (κ2) is 3.53. The summed E-state index contributed by atoms with van der Waals surface area (Å²) in [5.74, 6) is 0. The van der Waals surface area contributed by atoms with Crippen LogP contribution in [0.2, 0.25) is 13.1 Å². The summed E-state index contributed by atoms with van der Waals surface area (Å²) in [5.41, 5.74) is 1.30.